The van der Waals surface area contributed by atoms with Crippen LogP contribution in [0, 0.1) is 6.92 Å². The van der Waals surface area contributed by atoms with Crippen molar-refractivity contribution in [2.75, 3.05) is 11.1 Å². The molecule has 0 aliphatic rings. The first-order valence-electron chi connectivity index (χ1n) is 5.83. The van der Waals surface area contributed by atoms with Crippen LogP contribution in [0.2, 0.25) is 0 Å². The van der Waals surface area contributed by atoms with Crippen molar-refractivity contribution in [3.63, 3.8) is 0 Å². The average Bonchev–Trinajstić information content (AvgIpc) is 2.34. The zero-order valence-electron chi connectivity index (χ0n) is 10.7. The van der Waals surface area contributed by atoms with Crippen LogP contribution in [-0.2, 0) is 0 Å². The molecule has 0 heterocycles. The third-order valence-corrected chi connectivity index (χ3v) is 2.66. The van der Waals surface area contributed by atoms with Crippen LogP contribution in [0.25, 0.3) is 0 Å². The van der Waals surface area contributed by atoms with Gasteiger partial charge < -0.3 is 15.8 Å². The van der Waals surface area contributed by atoms with E-state index in [1.54, 1.807) is 24.3 Å². The van der Waals surface area contributed by atoms with Gasteiger partial charge in [0.1, 0.15) is 0 Å². The largest absolute Gasteiger partial charge is 0.573 e. The number of hydrogen-bond donors (Lipinski definition) is 2. The zero-order valence-corrected chi connectivity index (χ0v) is 10.7. The van der Waals surface area contributed by atoms with Crippen LogP contribution in [-0.4, -0.2) is 6.36 Å². The Labute approximate surface area is 114 Å². The van der Waals surface area contributed by atoms with E-state index in [4.69, 9.17) is 5.73 Å². The number of nitrogens with one attached hydrogen (secondary N) is 1. The van der Waals surface area contributed by atoms with Gasteiger partial charge >= 0.3 is 6.36 Å². The molecular weight excluding hydrogens is 269 g/mol. The van der Waals surface area contributed by atoms with Gasteiger partial charge in [-0.15, -0.1) is 13.2 Å². The van der Waals surface area contributed by atoms with E-state index >= 15 is 0 Å². The number of nitrogens with two attached hydrogens (primary N) is 1. The Morgan fingerprint density at radius 1 is 1.10 bits per heavy atom. The van der Waals surface area contributed by atoms with Crippen LogP contribution >= 0.6 is 0 Å². The van der Waals surface area contributed by atoms with Crippen molar-refractivity contribution in [3.05, 3.63) is 48.0 Å². The Kier molecular flexibility index (Phi) is 3.74. The molecule has 0 aliphatic carbocycles. The van der Waals surface area contributed by atoms with E-state index in [-0.39, 0.29) is 11.4 Å². The number of hydrogen-bond acceptors (Lipinski definition) is 3. The first kappa shape index (κ1) is 14.0. The van der Waals surface area contributed by atoms with Crippen molar-refractivity contribution in [2.24, 2.45) is 0 Å². The van der Waals surface area contributed by atoms with Crippen molar-refractivity contribution in [3.8, 4) is 5.75 Å². The molecule has 6 heteroatoms. The Hall–Kier alpha value is -2.37. The molecule has 0 fully saturated rings. The van der Waals surface area contributed by atoms with Crippen LogP contribution in [0.5, 0.6) is 5.75 Å². The lowest BCUT2D eigenvalue weighted by Gasteiger charge is -2.15. The Bertz CT molecular complexity index is 612. The van der Waals surface area contributed by atoms with Gasteiger partial charge in [0.05, 0.1) is 5.69 Å². The first-order valence-corrected chi connectivity index (χ1v) is 5.83. The lowest BCUT2D eigenvalue weighted by atomic mass is 10.2. The highest BCUT2D eigenvalue weighted by Gasteiger charge is 2.32. The molecule has 0 atom stereocenters. The summed E-state index contributed by atoms with van der Waals surface area (Å²) < 4.78 is 40.9. The molecule has 2 aromatic rings. The number of alkyl halides is 3. The van der Waals surface area contributed by atoms with Crippen LogP contribution < -0.4 is 15.8 Å². The third-order valence-electron chi connectivity index (χ3n) is 2.66. The van der Waals surface area contributed by atoms with E-state index in [0.29, 0.717) is 11.4 Å². The maximum absolute atomic E-state index is 12.3. The quantitative estimate of drug-likeness (QED) is 0.829. The Morgan fingerprint density at radius 2 is 1.80 bits per heavy atom. The summed E-state index contributed by atoms with van der Waals surface area (Å²) in [5, 5.41) is 2.88. The van der Waals surface area contributed by atoms with E-state index in [1.807, 2.05) is 6.92 Å². The van der Waals surface area contributed by atoms with E-state index in [1.165, 1.54) is 18.2 Å². The fourth-order valence-electron chi connectivity index (χ4n) is 1.69. The molecule has 106 valence electrons. The van der Waals surface area contributed by atoms with Crippen molar-refractivity contribution >= 4 is 17.1 Å². The topological polar surface area (TPSA) is 47.3 Å². The summed E-state index contributed by atoms with van der Waals surface area (Å²) in [6.07, 6.45) is -4.73. The summed E-state index contributed by atoms with van der Waals surface area (Å²) in [6.45, 7) is 1.82. The van der Waals surface area contributed by atoms with Crippen LogP contribution in [0.4, 0.5) is 30.2 Å². The second-order valence-electron chi connectivity index (χ2n) is 4.24. The van der Waals surface area contributed by atoms with Crippen LogP contribution in [0.15, 0.2) is 42.5 Å². The Morgan fingerprint density at radius 3 is 2.45 bits per heavy atom. The molecule has 2 aromatic carbocycles. The molecule has 20 heavy (non-hydrogen) atoms. The van der Waals surface area contributed by atoms with Gasteiger partial charge in [0.25, 0.3) is 0 Å². The fourth-order valence-corrected chi connectivity index (χ4v) is 1.69. The summed E-state index contributed by atoms with van der Waals surface area (Å²) in [5.74, 6) is -0.283. The van der Waals surface area contributed by atoms with Gasteiger partial charge in [-0.2, -0.15) is 0 Å². The molecule has 0 bridgehead atoms. The van der Waals surface area contributed by atoms with Gasteiger partial charge in [-0.3, -0.25) is 0 Å². The molecule has 0 unspecified atom stereocenters. The maximum atomic E-state index is 12.3. The molecule has 0 aliphatic heterocycles. The number of anilines is 3. The minimum atomic E-state index is -4.73. The number of benzene rings is 2. The van der Waals surface area contributed by atoms with Gasteiger partial charge in [0.15, 0.2) is 5.75 Å². The fraction of sp³-hybridized carbons (Fsp3) is 0.143. The van der Waals surface area contributed by atoms with Gasteiger partial charge in [-0.05, 0) is 42.8 Å². The summed E-state index contributed by atoms with van der Waals surface area (Å²) >= 11 is 0. The molecule has 0 spiro atoms. The predicted octanol–water partition coefficient (Wildman–Crippen LogP) is 4.22. The van der Waals surface area contributed by atoms with E-state index in [2.05, 4.69) is 10.1 Å². The van der Waals surface area contributed by atoms with Crippen LogP contribution in [0.3, 0.4) is 0 Å². The number of halogens is 3. The predicted molar refractivity (Wildman–Crippen MR) is 72.0 cm³/mol. The van der Waals surface area contributed by atoms with E-state index < -0.39 is 6.36 Å². The summed E-state index contributed by atoms with van der Waals surface area (Å²) in [6, 6.07) is 11.0. The van der Waals surface area contributed by atoms with E-state index in [0.717, 1.165) is 5.56 Å². The normalized spacial score (nSPS) is 11.2. The lowest BCUT2D eigenvalue weighted by molar-refractivity contribution is -0.274. The molecular formula is C14H13F3N2O. The summed E-state index contributed by atoms with van der Waals surface area (Å²) in [4.78, 5) is 0. The monoisotopic (exact) mass is 282 g/mol. The minimum absolute atomic E-state index is 0.231. The SMILES string of the molecule is Cc1cc(Nc2ccccc2OC(F)(F)F)ccc1N. The number of nitrogen functional groups attached to an aromatic ring is 1. The van der Waals surface area contributed by atoms with Crippen LogP contribution in [0.1, 0.15) is 5.56 Å². The minimum Gasteiger partial charge on any atom is -0.404 e. The molecule has 0 aromatic heterocycles. The Balaban J connectivity index is 2.27. The molecule has 0 saturated heterocycles. The molecule has 2 rings (SSSR count). The zero-order chi connectivity index (χ0) is 14.8. The first-order chi connectivity index (χ1) is 9.35. The number of ether oxygens (including phenoxy) is 1. The van der Waals surface area contributed by atoms with Crippen molar-refractivity contribution in [1.29, 1.82) is 0 Å². The van der Waals surface area contributed by atoms with Gasteiger partial charge in [-0.25, -0.2) is 0 Å². The summed E-state index contributed by atoms with van der Waals surface area (Å²) in [7, 11) is 0. The highest BCUT2D eigenvalue weighted by molar-refractivity contribution is 5.68. The maximum Gasteiger partial charge on any atom is 0.573 e. The third kappa shape index (κ3) is 3.57. The second kappa shape index (κ2) is 5.32. The van der Waals surface area contributed by atoms with Gasteiger partial charge in [0.2, 0.25) is 0 Å². The smallest absolute Gasteiger partial charge is 0.404 e. The van der Waals surface area contributed by atoms with Crippen molar-refractivity contribution in [2.45, 2.75) is 13.3 Å². The average molecular weight is 282 g/mol. The van der Waals surface area contributed by atoms with Gasteiger partial charge in [-0.1, -0.05) is 12.1 Å². The number of para-hydroxylation sites is 2. The highest BCUT2D eigenvalue weighted by atomic mass is 19.4. The number of rotatable bonds is 3. The number of aryl methyl sites for hydroxylation is 1. The summed E-state index contributed by atoms with van der Waals surface area (Å²) in [5.41, 5.74) is 8.02. The molecule has 0 saturated carbocycles. The molecule has 3 nitrogen and oxygen atoms in total. The standard InChI is InChI=1S/C14H13F3N2O/c1-9-8-10(6-7-11(9)18)19-12-4-2-3-5-13(12)20-14(15,16)17/h2-8,19H,18H2,1H3. The molecule has 0 radical (unpaired) electrons. The van der Waals surface area contributed by atoms with E-state index in [9.17, 15) is 13.2 Å². The lowest BCUT2D eigenvalue weighted by Crippen LogP contribution is -2.17. The second-order valence-corrected chi connectivity index (χ2v) is 4.24. The van der Waals surface area contributed by atoms with Crippen molar-refractivity contribution in [1.82, 2.24) is 0 Å². The van der Waals surface area contributed by atoms with Crippen molar-refractivity contribution < 1.29 is 17.9 Å². The van der Waals surface area contributed by atoms with Gasteiger partial charge in [0, 0.05) is 11.4 Å². The molecule has 3 N–H and O–H groups in total. The highest BCUT2D eigenvalue weighted by Crippen LogP contribution is 2.32. The molecule has 0 amide bonds.